The third kappa shape index (κ3) is 6.14. The lowest BCUT2D eigenvalue weighted by atomic mass is 9.97. The predicted molar refractivity (Wildman–Crippen MR) is 254 cm³/mol. The molecule has 5 heteroatoms. The lowest BCUT2D eigenvalue weighted by molar-refractivity contribution is 0.669. The van der Waals surface area contributed by atoms with Gasteiger partial charge in [0, 0.05) is 32.7 Å². The van der Waals surface area contributed by atoms with Gasteiger partial charge < -0.3 is 4.42 Å². The number of para-hydroxylation sites is 1. The summed E-state index contributed by atoms with van der Waals surface area (Å²) in [7, 11) is 0. The molecule has 0 saturated heterocycles. The first-order valence-electron chi connectivity index (χ1n) is 20.8. The highest BCUT2D eigenvalue weighted by Gasteiger charge is 2.20. The van der Waals surface area contributed by atoms with Crippen molar-refractivity contribution >= 4 is 43.7 Å². The maximum atomic E-state index is 6.41. The molecule has 0 aliphatic rings. The summed E-state index contributed by atoms with van der Waals surface area (Å²) in [5.41, 5.74) is 14.8. The molecule has 0 spiro atoms. The van der Waals surface area contributed by atoms with Gasteiger partial charge in [-0.1, -0.05) is 188 Å². The number of rotatable bonds is 7. The van der Waals surface area contributed by atoms with Gasteiger partial charge in [0.15, 0.2) is 11.6 Å². The van der Waals surface area contributed by atoms with E-state index >= 15 is 0 Å². The summed E-state index contributed by atoms with van der Waals surface area (Å²) in [5.74, 6) is 1.77. The molecule has 12 rings (SSSR count). The molecule has 0 fully saturated rings. The number of furan rings is 1. The molecular formula is C57H36N4O. The van der Waals surface area contributed by atoms with Gasteiger partial charge in [-0.15, -0.1) is 0 Å². The average molecular weight is 793 g/mol. The number of aromatic nitrogens is 4. The maximum absolute atomic E-state index is 6.41. The van der Waals surface area contributed by atoms with Gasteiger partial charge in [-0.3, -0.25) is 4.57 Å². The van der Waals surface area contributed by atoms with Crippen LogP contribution in [0.25, 0.3) is 117 Å². The second kappa shape index (κ2) is 14.7. The molecule has 0 amide bonds. The van der Waals surface area contributed by atoms with Gasteiger partial charge in [0.05, 0.1) is 11.0 Å². The molecule has 9 aromatic carbocycles. The van der Waals surface area contributed by atoms with Crippen molar-refractivity contribution in [3.8, 4) is 73.2 Å². The Hall–Kier alpha value is -8.41. The molecule has 0 saturated carbocycles. The van der Waals surface area contributed by atoms with E-state index in [-0.39, 0.29) is 0 Å². The Morgan fingerprint density at radius 1 is 0.306 bits per heavy atom. The van der Waals surface area contributed by atoms with Gasteiger partial charge in [0.1, 0.15) is 11.2 Å². The van der Waals surface area contributed by atoms with Crippen LogP contribution in [0.3, 0.4) is 0 Å². The first-order valence-corrected chi connectivity index (χ1v) is 20.8. The third-order valence-electron chi connectivity index (χ3n) is 11.9. The molecule has 290 valence electrons. The molecule has 0 radical (unpaired) electrons. The number of nitrogens with zero attached hydrogens (tertiary/aromatic N) is 4. The fraction of sp³-hybridized carbons (Fsp3) is 0. The van der Waals surface area contributed by atoms with E-state index in [4.69, 9.17) is 19.4 Å². The zero-order chi connectivity index (χ0) is 41.0. The maximum Gasteiger partial charge on any atom is 0.238 e. The van der Waals surface area contributed by atoms with E-state index < -0.39 is 0 Å². The van der Waals surface area contributed by atoms with Gasteiger partial charge >= 0.3 is 0 Å². The van der Waals surface area contributed by atoms with E-state index in [1.807, 2.05) is 36.4 Å². The number of fused-ring (bicyclic) bond motifs is 6. The SMILES string of the molecule is c1ccc(-c2ccc(-c3ccc(-c4nc(-c5ccccc5)nc(-n5c6ccccc6c6ccc(-c7ccc8oc9cccc(-c%10ccccc%10)c9c8c7)cc65)n4)cc3)cc2)cc1. The summed E-state index contributed by atoms with van der Waals surface area (Å²) in [5, 5.41) is 4.45. The summed E-state index contributed by atoms with van der Waals surface area (Å²) in [6, 6.07) is 76.4. The molecule has 3 aromatic heterocycles. The van der Waals surface area contributed by atoms with Crippen molar-refractivity contribution in [3.05, 3.63) is 218 Å². The van der Waals surface area contributed by atoms with Crippen LogP contribution in [0.5, 0.6) is 0 Å². The van der Waals surface area contributed by atoms with Crippen LogP contribution in [0.1, 0.15) is 0 Å². The number of hydrogen-bond donors (Lipinski definition) is 0. The Morgan fingerprint density at radius 3 is 1.48 bits per heavy atom. The molecule has 0 aliphatic heterocycles. The minimum absolute atomic E-state index is 0.557. The molecule has 0 N–H and O–H groups in total. The number of benzene rings is 9. The second-order valence-electron chi connectivity index (χ2n) is 15.6. The van der Waals surface area contributed by atoms with Gasteiger partial charge in [-0.25, -0.2) is 4.98 Å². The minimum atomic E-state index is 0.557. The molecule has 0 unspecified atom stereocenters. The fourth-order valence-corrected chi connectivity index (χ4v) is 8.84. The van der Waals surface area contributed by atoms with E-state index in [9.17, 15) is 0 Å². The molecule has 0 aliphatic carbocycles. The Bertz CT molecular complexity index is 3590. The first-order chi connectivity index (χ1) is 30.7. The van der Waals surface area contributed by atoms with Crippen molar-refractivity contribution in [2.45, 2.75) is 0 Å². The molecule has 0 atom stereocenters. The fourth-order valence-electron chi connectivity index (χ4n) is 8.84. The van der Waals surface area contributed by atoms with Crippen LogP contribution in [-0.4, -0.2) is 19.5 Å². The number of hydrogen-bond acceptors (Lipinski definition) is 4. The van der Waals surface area contributed by atoms with Crippen molar-refractivity contribution in [2.24, 2.45) is 0 Å². The van der Waals surface area contributed by atoms with Crippen LogP contribution in [0.2, 0.25) is 0 Å². The van der Waals surface area contributed by atoms with Crippen LogP contribution in [0.4, 0.5) is 0 Å². The van der Waals surface area contributed by atoms with Crippen LogP contribution in [0.15, 0.2) is 223 Å². The first kappa shape index (κ1) is 35.5. The van der Waals surface area contributed by atoms with Gasteiger partial charge in [0.25, 0.3) is 0 Å². The summed E-state index contributed by atoms with van der Waals surface area (Å²) < 4.78 is 8.60. The van der Waals surface area contributed by atoms with Gasteiger partial charge in [-0.05, 0) is 74.8 Å². The average Bonchev–Trinajstić information content (AvgIpc) is 3.90. The van der Waals surface area contributed by atoms with Crippen molar-refractivity contribution in [3.63, 3.8) is 0 Å². The topological polar surface area (TPSA) is 56.7 Å². The van der Waals surface area contributed by atoms with E-state index in [0.717, 1.165) is 88.3 Å². The molecule has 5 nitrogen and oxygen atoms in total. The van der Waals surface area contributed by atoms with Crippen LogP contribution < -0.4 is 0 Å². The lowest BCUT2D eigenvalue weighted by Crippen LogP contribution is -2.06. The molecule has 0 bridgehead atoms. The molecule has 62 heavy (non-hydrogen) atoms. The van der Waals surface area contributed by atoms with Gasteiger partial charge in [0.2, 0.25) is 5.95 Å². The second-order valence-corrected chi connectivity index (χ2v) is 15.6. The van der Waals surface area contributed by atoms with E-state index in [2.05, 4.69) is 187 Å². The predicted octanol–water partition coefficient (Wildman–Crippen LogP) is 14.9. The molecule has 3 heterocycles. The third-order valence-corrected chi connectivity index (χ3v) is 11.9. The zero-order valence-corrected chi connectivity index (χ0v) is 33.5. The van der Waals surface area contributed by atoms with Crippen molar-refractivity contribution < 1.29 is 4.42 Å². The Balaban J connectivity index is 0.991. The Morgan fingerprint density at radius 2 is 0.806 bits per heavy atom. The van der Waals surface area contributed by atoms with Crippen LogP contribution in [-0.2, 0) is 0 Å². The quantitative estimate of drug-likeness (QED) is 0.161. The summed E-state index contributed by atoms with van der Waals surface area (Å²) in [6.07, 6.45) is 0. The summed E-state index contributed by atoms with van der Waals surface area (Å²) >= 11 is 0. The Labute approximate surface area is 357 Å². The largest absolute Gasteiger partial charge is 0.456 e. The van der Waals surface area contributed by atoms with Crippen molar-refractivity contribution in [1.29, 1.82) is 0 Å². The standard InChI is InChI=1S/C57H36N4O/c1-4-13-37(14-5-1)38-23-25-39(26-24-38)40-27-29-43(30-28-40)56-58-55(42-17-8-3-9-18-42)59-57(60-56)61-50-21-11-10-19-47(50)48-33-31-45(36-51(48)61)44-32-34-52-49(35-44)54-46(20-12-22-53(54)62-52)41-15-6-2-7-16-41/h1-36H. The van der Waals surface area contributed by atoms with Crippen molar-refractivity contribution in [1.82, 2.24) is 19.5 Å². The van der Waals surface area contributed by atoms with E-state index in [1.54, 1.807) is 0 Å². The van der Waals surface area contributed by atoms with E-state index in [1.165, 1.54) is 11.1 Å². The molecular weight excluding hydrogens is 757 g/mol. The summed E-state index contributed by atoms with van der Waals surface area (Å²) in [6.45, 7) is 0. The monoisotopic (exact) mass is 792 g/mol. The van der Waals surface area contributed by atoms with Crippen LogP contribution >= 0.6 is 0 Å². The molecule has 12 aromatic rings. The van der Waals surface area contributed by atoms with Crippen LogP contribution in [0, 0.1) is 0 Å². The Kier molecular flexibility index (Phi) is 8.42. The highest BCUT2D eigenvalue weighted by atomic mass is 16.3. The minimum Gasteiger partial charge on any atom is -0.456 e. The highest BCUT2D eigenvalue weighted by Crippen LogP contribution is 2.40. The highest BCUT2D eigenvalue weighted by molar-refractivity contribution is 6.14. The van der Waals surface area contributed by atoms with E-state index in [0.29, 0.717) is 17.6 Å². The van der Waals surface area contributed by atoms with Gasteiger partial charge in [-0.2, -0.15) is 9.97 Å². The normalized spacial score (nSPS) is 11.5. The van der Waals surface area contributed by atoms with Crippen molar-refractivity contribution in [2.75, 3.05) is 0 Å². The summed E-state index contributed by atoms with van der Waals surface area (Å²) in [4.78, 5) is 15.6. The lowest BCUT2D eigenvalue weighted by Gasteiger charge is -2.12. The zero-order valence-electron chi connectivity index (χ0n) is 33.5. The smallest absolute Gasteiger partial charge is 0.238 e.